The summed E-state index contributed by atoms with van der Waals surface area (Å²) in [5.41, 5.74) is 1.46. The van der Waals surface area contributed by atoms with Gasteiger partial charge in [-0.3, -0.25) is 9.80 Å². The fraction of sp³-hybridized carbons (Fsp3) is 0.714. The average molecular weight is 265 g/mol. The van der Waals surface area contributed by atoms with Crippen molar-refractivity contribution in [3.05, 3.63) is 21.9 Å². The summed E-state index contributed by atoms with van der Waals surface area (Å²) in [6, 6.07) is 3.04. The molecular weight excluding hydrogens is 242 g/mol. The zero-order chi connectivity index (χ0) is 12.4. The van der Waals surface area contributed by atoms with Crippen LogP contribution in [-0.2, 0) is 6.54 Å². The van der Waals surface area contributed by atoms with E-state index in [2.05, 4.69) is 33.5 Å². The minimum atomic E-state index is 0.802. The second kappa shape index (κ2) is 5.70. The zero-order valence-electron chi connectivity index (χ0n) is 11.2. The number of nitrogens with zero attached hydrogens (tertiary/aromatic N) is 2. The predicted molar refractivity (Wildman–Crippen MR) is 77.2 cm³/mol. The summed E-state index contributed by atoms with van der Waals surface area (Å²) in [7, 11) is 0. The second-order valence-corrected chi connectivity index (χ2v) is 6.49. The van der Waals surface area contributed by atoms with Crippen LogP contribution in [0.4, 0.5) is 0 Å². The van der Waals surface area contributed by atoms with Gasteiger partial charge in [0.2, 0.25) is 0 Å². The summed E-state index contributed by atoms with van der Waals surface area (Å²) >= 11 is 1.90. The van der Waals surface area contributed by atoms with Crippen molar-refractivity contribution in [2.24, 2.45) is 0 Å². The van der Waals surface area contributed by atoms with E-state index in [-0.39, 0.29) is 0 Å². The van der Waals surface area contributed by atoms with E-state index in [0.29, 0.717) is 0 Å². The molecule has 3 rings (SSSR count). The van der Waals surface area contributed by atoms with E-state index in [4.69, 9.17) is 0 Å². The van der Waals surface area contributed by atoms with Crippen molar-refractivity contribution >= 4 is 11.3 Å². The first-order chi connectivity index (χ1) is 8.83. The maximum Gasteiger partial charge on any atom is 0.0331 e. The van der Waals surface area contributed by atoms with Crippen LogP contribution in [0.5, 0.6) is 0 Å². The minimum Gasteiger partial charge on any atom is -0.315 e. The number of aryl methyl sites for hydroxylation is 1. The molecule has 2 aliphatic heterocycles. The summed E-state index contributed by atoms with van der Waals surface area (Å²) in [4.78, 5) is 6.83. The van der Waals surface area contributed by atoms with Crippen molar-refractivity contribution < 1.29 is 0 Å². The smallest absolute Gasteiger partial charge is 0.0331 e. The number of piperazine rings is 1. The molecule has 100 valence electrons. The van der Waals surface area contributed by atoms with Crippen molar-refractivity contribution in [1.82, 2.24) is 15.1 Å². The molecule has 1 unspecified atom stereocenters. The Morgan fingerprint density at radius 3 is 2.78 bits per heavy atom. The highest BCUT2D eigenvalue weighted by molar-refractivity contribution is 7.10. The monoisotopic (exact) mass is 265 g/mol. The van der Waals surface area contributed by atoms with Crippen LogP contribution in [0.25, 0.3) is 0 Å². The first-order valence-electron chi connectivity index (χ1n) is 7.03. The highest BCUT2D eigenvalue weighted by atomic mass is 32.1. The molecular formula is C14H23N3S. The first kappa shape index (κ1) is 12.6. The Morgan fingerprint density at radius 1 is 1.33 bits per heavy atom. The highest BCUT2D eigenvalue weighted by Crippen LogP contribution is 2.19. The van der Waals surface area contributed by atoms with Crippen molar-refractivity contribution in [3.63, 3.8) is 0 Å². The van der Waals surface area contributed by atoms with Gasteiger partial charge in [0.15, 0.2) is 0 Å². The Balaban J connectivity index is 1.49. The Bertz CT molecular complexity index is 376. The van der Waals surface area contributed by atoms with Crippen molar-refractivity contribution in [2.75, 3.05) is 39.3 Å². The number of hydrogen-bond donors (Lipinski definition) is 1. The van der Waals surface area contributed by atoms with E-state index in [1.165, 1.54) is 51.3 Å². The van der Waals surface area contributed by atoms with Gasteiger partial charge in [-0.25, -0.2) is 0 Å². The van der Waals surface area contributed by atoms with Gasteiger partial charge in [-0.2, -0.15) is 0 Å². The van der Waals surface area contributed by atoms with E-state index in [0.717, 1.165) is 12.6 Å². The SMILES string of the molecule is Cc1ccsc1CN1CCN(C2CCNC2)CC1. The molecule has 4 heteroatoms. The zero-order valence-corrected chi connectivity index (χ0v) is 12.0. The van der Waals surface area contributed by atoms with Crippen molar-refractivity contribution in [2.45, 2.75) is 25.9 Å². The molecule has 1 aromatic heterocycles. The molecule has 0 aromatic carbocycles. The molecule has 0 amide bonds. The number of nitrogens with one attached hydrogen (secondary N) is 1. The largest absolute Gasteiger partial charge is 0.315 e. The van der Waals surface area contributed by atoms with E-state index in [1.807, 2.05) is 11.3 Å². The standard InChI is InChI=1S/C14H23N3S/c1-12-3-9-18-14(12)11-16-5-7-17(8-6-16)13-2-4-15-10-13/h3,9,13,15H,2,4-8,10-11H2,1H3. The van der Waals surface area contributed by atoms with Gasteiger partial charge in [0, 0.05) is 50.2 Å². The van der Waals surface area contributed by atoms with Gasteiger partial charge in [0.25, 0.3) is 0 Å². The van der Waals surface area contributed by atoms with Crippen LogP contribution in [0.15, 0.2) is 11.4 Å². The molecule has 0 spiro atoms. The average Bonchev–Trinajstić information content (AvgIpc) is 3.03. The normalized spacial score (nSPS) is 26.8. The lowest BCUT2D eigenvalue weighted by Crippen LogP contribution is -2.50. The lowest BCUT2D eigenvalue weighted by Gasteiger charge is -2.37. The van der Waals surface area contributed by atoms with Gasteiger partial charge in [-0.05, 0) is 36.9 Å². The van der Waals surface area contributed by atoms with Crippen LogP contribution in [0.3, 0.4) is 0 Å². The molecule has 1 aromatic rings. The topological polar surface area (TPSA) is 18.5 Å². The Hall–Kier alpha value is -0.420. The van der Waals surface area contributed by atoms with E-state index < -0.39 is 0 Å². The fourth-order valence-corrected chi connectivity index (χ4v) is 3.95. The molecule has 1 N–H and O–H groups in total. The van der Waals surface area contributed by atoms with Crippen LogP contribution in [-0.4, -0.2) is 55.1 Å². The summed E-state index contributed by atoms with van der Waals surface area (Å²) in [5.74, 6) is 0. The maximum absolute atomic E-state index is 3.47. The molecule has 0 saturated carbocycles. The molecule has 0 aliphatic carbocycles. The van der Waals surface area contributed by atoms with Gasteiger partial charge in [0.1, 0.15) is 0 Å². The molecule has 2 fully saturated rings. The van der Waals surface area contributed by atoms with Crippen LogP contribution in [0, 0.1) is 6.92 Å². The Morgan fingerprint density at radius 2 is 2.17 bits per heavy atom. The quantitative estimate of drug-likeness (QED) is 0.894. The summed E-state index contributed by atoms with van der Waals surface area (Å²) in [5, 5.41) is 5.68. The van der Waals surface area contributed by atoms with Crippen LogP contribution < -0.4 is 5.32 Å². The molecule has 0 bridgehead atoms. The number of hydrogen-bond acceptors (Lipinski definition) is 4. The van der Waals surface area contributed by atoms with E-state index in [1.54, 1.807) is 4.88 Å². The lowest BCUT2D eigenvalue weighted by atomic mass is 10.2. The third kappa shape index (κ3) is 2.77. The van der Waals surface area contributed by atoms with Crippen LogP contribution in [0.1, 0.15) is 16.9 Å². The molecule has 3 nitrogen and oxygen atoms in total. The fourth-order valence-electron chi connectivity index (χ4n) is 3.01. The molecule has 1 atom stereocenters. The Labute approximate surface area is 114 Å². The third-order valence-electron chi connectivity index (χ3n) is 4.29. The molecule has 0 radical (unpaired) electrons. The van der Waals surface area contributed by atoms with Crippen molar-refractivity contribution in [1.29, 1.82) is 0 Å². The Kier molecular flexibility index (Phi) is 3.99. The van der Waals surface area contributed by atoms with Crippen LogP contribution in [0.2, 0.25) is 0 Å². The summed E-state index contributed by atoms with van der Waals surface area (Å²) in [6.07, 6.45) is 1.34. The molecule has 2 saturated heterocycles. The van der Waals surface area contributed by atoms with Gasteiger partial charge < -0.3 is 5.32 Å². The predicted octanol–water partition coefficient (Wildman–Crippen LogP) is 1.54. The third-order valence-corrected chi connectivity index (χ3v) is 5.30. The van der Waals surface area contributed by atoms with Gasteiger partial charge in [-0.15, -0.1) is 11.3 Å². The van der Waals surface area contributed by atoms with Crippen LogP contribution >= 0.6 is 11.3 Å². The maximum atomic E-state index is 3.47. The summed E-state index contributed by atoms with van der Waals surface area (Å²) < 4.78 is 0. The van der Waals surface area contributed by atoms with Gasteiger partial charge in [-0.1, -0.05) is 0 Å². The summed E-state index contributed by atoms with van der Waals surface area (Å²) in [6.45, 7) is 10.7. The van der Waals surface area contributed by atoms with E-state index in [9.17, 15) is 0 Å². The van der Waals surface area contributed by atoms with Gasteiger partial charge in [0.05, 0.1) is 0 Å². The highest BCUT2D eigenvalue weighted by Gasteiger charge is 2.26. The second-order valence-electron chi connectivity index (χ2n) is 5.49. The molecule has 18 heavy (non-hydrogen) atoms. The van der Waals surface area contributed by atoms with Crippen molar-refractivity contribution in [3.8, 4) is 0 Å². The molecule has 3 heterocycles. The lowest BCUT2D eigenvalue weighted by molar-refractivity contribution is 0.0986. The minimum absolute atomic E-state index is 0.802. The molecule has 2 aliphatic rings. The van der Waals surface area contributed by atoms with Gasteiger partial charge >= 0.3 is 0 Å². The first-order valence-corrected chi connectivity index (χ1v) is 7.91. The number of rotatable bonds is 3. The van der Waals surface area contributed by atoms with E-state index >= 15 is 0 Å². The number of thiophene rings is 1.